The molecule has 0 saturated heterocycles. The van der Waals surface area contributed by atoms with Gasteiger partial charge in [-0.3, -0.25) is 0 Å². The van der Waals surface area contributed by atoms with E-state index in [-0.39, 0.29) is 11.2 Å². The van der Waals surface area contributed by atoms with Gasteiger partial charge < -0.3 is 15.4 Å². The van der Waals surface area contributed by atoms with Crippen molar-refractivity contribution in [1.29, 1.82) is 0 Å². The Morgan fingerprint density at radius 1 is 1.54 bits per heavy atom. The van der Waals surface area contributed by atoms with Crippen LogP contribution < -0.4 is 10.6 Å². The van der Waals surface area contributed by atoms with Crippen molar-refractivity contribution >= 4 is 17.3 Å². The third-order valence-electron chi connectivity index (χ3n) is 1.21. The molecule has 0 aromatic heterocycles. The van der Waals surface area contributed by atoms with Crippen LogP contribution in [0.4, 0.5) is 8.78 Å². The number of methoxy groups -OCH3 is 1. The van der Waals surface area contributed by atoms with Crippen molar-refractivity contribution in [3.63, 3.8) is 0 Å². The fraction of sp³-hybridized carbons (Fsp3) is 0.857. The van der Waals surface area contributed by atoms with Gasteiger partial charge in [0.25, 0.3) is 6.43 Å². The lowest BCUT2D eigenvalue weighted by Crippen LogP contribution is -2.43. The Morgan fingerprint density at radius 3 is 2.62 bits per heavy atom. The number of alkyl halides is 2. The van der Waals surface area contributed by atoms with E-state index in [9.17, 15) is 8.78 Å². The summed E-state index contributed by atoms with van der Waals surface area (Å²) in [5, 5.41) is 5.41. The zero-order chi connectivity index (χ0) is 10.3. The quantitative estimate of drug-likeness (QED) is 0.659. The molecule has 0 amide bonds. The Morgan fingerprint density at radius 2 is 2.15 bits per heavy atom. The van der Waals surface area contributed by atoms with Crippen LogP contribution in [0.5, 0.6) is 0 Å². The van der Waals surface area contributed by atoms with E-state index in [2.05, 4.69) is 10.6 Å². The summed E-state index contributed by atoms with van der Waals surface area (Å²) < 4.78 is 28.2. The van der Waals surface area contributed by atoms with Crippen molar-refractivity contribution in [2.24, 2.45) is 0 Å². The van der Waals surface area contributed by atoms with E-state index in [0.29, 0.717) is 6.61 Å². The highest BCUT2D eigenvalue weighted by Crippen LogP contribution is 1.88. The molecule has 1 atom stereocenters. The normalized spacial score (nSPS) is 12.7. The van der Waals surface area contributed by atoms with Crippen molar-refractivity contribution in [2.45, 2.75) is 19.4 Å². The predicted molar refractivity (Wildman–Crippen MR) is 51.1 cm³/mol. The zero-order valence-electron chi connectivity index (χ0n) is 7.64. The first-order valence-electron chi connectivity index (χ1n) is 3.87. The summed E-state index contributed by atoms with van der Waals surface area (Å²) in [6, 6.07) is 0.0164. The molecule has 0 fully saturated rings. The van der Waals surface area contributed by atoms with Gasteiger partial charge in [0.1, 0.15) is 0 Å². The molecule has 0 spiro atoms. The Bertz CT molecular complexity index is 157. The third kappa shape index (κ3) is 7.86. The second-order valence-corrected chi connectivity index (χ2v) is 3.01. The molecule has 0 saturated carbocycles. The van der Waals surface area contributed by atoms with Crippen molar-refractivity contribution < 1.29 is 13.5 Å². The van der Waals surface area contributed by atoms with E-state index in [0.717, 1.165) is 0 Å². The van der Waals surface area contributed by atoms with E-state index in [4.69, 9.17) is 17.0 Å². The maximum absolute atomic E-state index is 11.7. The molecule has 0 heterocycles. The van der Waals surface area contributed by atoms with Gasteiger partial charge in [0, 0.05) is 13.2 Å². The highest BCUT2D eigenvalue weighted by Gasteiger charge is 2.05. The molecule has 78 valence electrons. The average Bonchev–Trinajstić information content (AvgIpc) is 2.01. The number of rotatable bonds is 5. The number of thiocarbonyl (C=S) groups is 1. The van der Waals surface area contributed by atoms with E-state index >= 15 is 0 Å². The number of ether oxygens (including phenoxy) is 1. The van der Waals surface area contributed by atoms with Crippen LogP contribution >= 0.6 is 12.2 Å². The van der Waals surface area contributed by atoms with Crippen LogP contribution in [0.3, 0.4) is 0 Å². The summed E-state index contributed by atoms with van der Waals surface area (Å²) >= 11 is 4.75. The molecule has 3 nitrogen and oxygen atoms in total. The van der Waals surface area contributed by atoms with Gasteiger partial charge in [0.2, 0.25) is 0 Å². The molecule has 0 aromatic carbocycles. The van der Waals surface area contributed by atoms with Gasteiger partial charge >= 0.3 is 0 Å². The van der Waals surface area contributed by atoms with Crippen LogP contribution in [0.25, 0.3) is 0 Å². The highest BCUT2D eigenvalue weighted by atomic mass is 32.1. The standard InChI is InChI=1S/C7H14F2N2OS/c1-5(4-12-2)11-7(13)10-3-6(8)9/h5-6H,3-4H2,1-2H3,(H2,10,11,13). The van der Waals surface area contributed by atoms with E-state index in [1.165, 1.54) is 0 Å². The first-order chi connectivity index (χ1) is 6.06. The smallest absolute Gasteiger partial charge is 0.255 e. The summed E-state index contributed by atoms with van der Waals surface area (Å²) in [7, 11) is 1.56. The Hall–Kier alpha value is -0.490. The number of halogens is 2. The molecule has 13 heavy (non-hydrogen) atoms. The molecule has 0 aliphatic rings. The molecule has 0 rings (SSSR count). The highest BCUT2D eigenvalue weighted by molar-refractivity contribution is 7.80. The van der Waals surface area contributed by atoms with Crippen LogP contribution in [0, 0.1) is 0 Å². The first kappa shape index (κ1) is 12.5. The fourth-order valence-corrected chi connectivity index (χ4v) is 1.02. The molecule has 1 unspecified atom stereocenters. The second kappa shape index (κ2) is 6.97. The maximum Gasteiger partial charge on any atom is 0.255 e. The lowest BCUT2D eigenvalue weighted by Gasteiger charge is -2.15. The number of nitrogens with one attached hydrogen (secondary N) is 2. The fourth-order valence-electron chi connectivity index (χ4n) is 0.736. The van der Waals surface area contributed by atoms with Crippen LogP contribution in [0.15, 0.2) is 0 Å². The summed E-state index contributed by atoms with van der Waals surface area (Å²) in [6.45, 7) is 1.90. The van der Waals surface area contributed by atoms with Crippen molar-refractivity contribution in [1.82, 2.24) is 10.6 Å². The Labute approximate surface area is 81.8 Å². The van der Waals surface area contributed by atoms with Gasteiger partial charge in [-0.15, -0.1) is 0 Å². The van der Waals surface area contributed by atoms with Crippen LogP contribution in [-0.4, -0.2) is 37.8 Å². The second-order valence-electron chi connectivity index (χ2n) is 2.60. The Kier molecular flexibility index (Phi) is 6.70. The lowest BCUT2D eigenvalue weighted by molar-refractivity contribution is 0.151. The van der Waals surface area contributed by atoms with Crippen LogP contribution in [-0.2, 0) is 4.74 Å². The monoisotopic (exact) mass is 212 g/mol. The summed E-state index contributed by atoms with van der Waals surface area (Å²) in [5.74, 6) is 0. The van der Waals surface area contributed by atoms with Gasteiger partial charge in [-0.05, 0) is 19.1 Å². The molecule has 0 bridgehead atoms. The molecule has 0 aliphatic heterocycles. The molecular formula is C7H14F2N2OS. The minimum absolute atomic E-state index is 0.0164. The SMILES string of the molecule is COCC(C)NC(=S)NCC(F)F. The van der Waals surface area contributed by atoms with E-state index in [1.54, 1.807) is 7.11 Å². The lowest BCUT2D eigenvalue weighted by atomic mass is 10.4. The van der Waals surface area contributed by atoms with E-state index < -0.39 is 13.0 Å². The average molecular weight is 212 g/mol. The number of hydrogen-bond acceptors (Lipinski definition) is 2. The van der Waals surface area contributed by atoms with Crippen LogP contribution in [0.2, 0.25) is 0 Å². The minimum Gasteiger partial charge on any atom is -0.383 e. The van der Waals surface area contributed by atoms with Gasteiger partial charge in [-0.25, -0.2) is 8.78 Å². The summed E-state index contributed by atoms with van der Waals surface area (Å²) in [6.07, 6.45) is -2.39. The van der Waals surface area contributed by atoms with Gasteiger partial charge in [-0.1, -0.05) is 0 Å². The molecule has 0 radical (unpaired) electrons. The topological polar surface area (TPSA) is 33.3 Å². The third-order valence-corrected chi connectivity index (χ3v) is 1.47. The first-order valence-corrected chi connectivity index (χ1v) is 4.28. The van der Waals surface area contributed by atoms with Gasteiger partial charge in [0.15, 0.2) is 5.11 Å². The van der Waals surface area contributed by atoms with Crippen molar-refractivity contribution in [3.05, 3.63) is 0 Å². The van der Waals surface area contributed by atoms with Gasteiger partial charge in [0.05, 0.1) is 13.2 Å². The molecular weight excluding hydrogens is 198 g/mol. The van der Waals surface area contributed by atoms with E-state index in [1.807, 2.05) is 6.92 Å². The predicted octanol–water partition coefficient (Wildman–Crippen LogP) is 0.750. The maximum atomic E-state index is 11.7. The van der Waals surface area contributed by atoms with Crippen molar-refractivity contribution in [2.75, 3.05) is 20.3 Å². The molecule has 6 heteroatoms. The molecule has 0 aromatic rings. The molecule has 0 aliphatic carbocycles. The van der Waals surface area contributed by atoms with Crippen LogP contribution in [0.1, 0.15) is 6.92 Å². The largest absolute Gasteiger partial charge is 0.383 e. The van der Waals surface area contributed by atoms with Crippen molar-refractivity contribution in [3.8, 4) is 0 Å². The minimum atomic E-state index is -2.39. The zero-order valence-corrected chi connectivity index (χ0v) is 8.46. The van der Waals surface area contributed by atoms with Gasteiger partial charge in [-0.2, -0.15) is 0 Å². The number of hydrogen-bond donors (Lipinski definition) is 2. The summed E-state index contributed by atoms with van der Waals surface area (Å²) in [4.78, 5) is 0. The molecule has 2 N–H and O–H groups in total. The Balaban J connectivity index is 3.50. The summed E-state index contributed by atoms with van der Waals surface area (Å²) in [5.41, 5.74) is 0.